The highest BCUT2D eigenvalue weighted by Crippen LogP contribution is 2.48. The number of fused-ring (bicyclic) bond motifs is 3. The van der Waals surface area contributed by atoms with Crippen molar-refractivity contribution >= 4 is 11.4 Å². The van der Waals surface area contributed by atoms with Crippen molar-refractivity contribution < 1.29 is 19.0 Å². The first-order chi connectivity index (χ1) is 15.5. The quantitative estimate of drug-likeness (QED) is 0.533. The van der Waals surface area contributed by atoms with Crippen LogP contribution < -0.4 is 4.90 Å². The number of aromatic hydroxyl groups is 2. The maximum absolute atomic E-state index is 14.1. The maximum atomic E-state index is 14.1. The van der Waals surface area contributed by atoms with Crippen LogP contribution in [-0.4, -0.2) is 45.4 Å². The van der Waals surface area contributed by atoms with E-state index in [0.29, 0.717) is 6.54 Å². The van der Waals surface area contributed by atoms with Crippen molar-refractivity contribution in [3.63, 3.8) is 0 Å². The molecule has 0 radical (unpaired) electrons. The fourth-order valence-electron chi connectivity index (χ4n) is 5.26. The molecule has 32 heavy (non-hydrogen) atoms. The van der Waals surface area contributed by atoms with Crippen molar-refractivity contribution in [3.05, 3.63) is 71.8 Å². The number of nitrogens with zero attached hydrogens (tertiary/aromatic N) is 3. The van der Waals surface area contributed by atoms with Gasteiger partial charge in [0.15, 0.2) is 11.8 Å². The summed E-state index contributed by atoms with van der Waals surface area (Å²) >= 11 is 0. The van der Waals surface area contributed by atoms with Crippen molar-refractivity contribution in [2.45, 2.75) is 37.8 Å². The van der Waals surface area contributed by atoms with Gasteiger partial charge in [0.1, 0.15) is 11.6 Å². The number of benzene rings is 2. The highest BCUT2D eigenvalue weighted by molar-refractivity contribution is 5.73. The molecule has 168 valence electrons. The molecule has 7 heteroatoms. The summed E-state index contributed by atoms with van der Waals surface area (Å²) in [5, 5.41) is 19.5. The molecule has 0 amide bonds. The molecule has 2 atom stereocenters. The normalized spacial score (nSPS) is 20.4. The first kappa shape index (κ1) is 20.8. The van der Waals surface area contributed by atoms with E-state index in [1.54, 1.807) is 18.2 Å². The molecule has 2 aliphatic rings. The number of hydrogen-bond donors (Lipinski definition) is 2. The van der Waals surface area contributed by atoms with E-state index in [9.17, 15) is 19.0 Å². The molecule has 2 aromatic carbocycles. The van der Waals surface area contributed by atoms with Gasteiger partial charge >= 0.3 is 0 Å². The highest BCUT2D eigenvalue weighted by atomic mass is 19.1. The Morgan fingerprint density at radius 2 is 1.53 bits per heavy atom. The third-order valence-corrected chi connectivity index (χ3v) is 6.79. The van der Waals surface area contributed by atoms with Crippen molar-refractivity contribution in [1.29, 1.82) is 0 Å². The SMILES string of the molecule is Oc1ccc(O)n1CCCCN1CC[C@@H]2[C@@H](C1)c1cc(F)ccc1N2c1ccc(F)cc1. The summed E-state index contributed by atoms with van der Waals surface area (Å²) in [6.45, 7) is 3.26. The Balaban J connectivity index is 1.28. The fraction of sp³-hybridized carbons (Fsp3) is 0.360. The molecule has 0 spiro atoms. The van der Waals surface area contributed by atoms with Crippen LogP contribution in [0, 0.1) is 11.6 Å². The Kier molecular flexibility index (Phi) is 5.51. The molecule has 0 bridgehead atoms. The zero-order valence-electron chi connectivity index (χ0n) is 17.8. The second kappa shape index (κ2) is 8.47. The van der Waals surface area contributed by atoms with Gasteiger partial charge in [0, 0.05) is 55.1 Å². The highest BCUT2D eigenvalue weighted by Gasteiger charge is 2.42. The second-order valence-corrected chi connectivity index (χ2v) is 8.72. The summed E-state index contributed by atoms with van der Waals surface area (Å²) < 4.78 is 29.1. The summed E-state index contributed by atoms with van der Waals surface area (Å²) in [5.41, 5.74) is 2.96. The summed E-state index contributed by atoms with van der Waals surface area (Å²) in [6, 6.07) is 14.7. The molecule has 2 aliphatic heterocycles. The fourth-order valence-corrected chi connectivity index (χ4v) is 5.26. The lowest BCUT2D eigenvalue weighted by atomic mass is 9.89. The van der Waals surface area contributed by atoms with Gasteiger partial charge in [-0.2, -0.15) is 0 Å². The number of halogens is 2. The molecule has 3 aromatic rings. The molecule has 0 unspecified atom stereocenters. The summed E-state index contributed by atoms with van der Waals surface area (Å²) in [5.74, 6) is -0.147. The van der Waals surface area contributed by atoms with Crippen molar-refractivity contribution in [2.75, 3.05) is 24.5 Å². The molecule has 5 nitrogen and oxygen atoms in total. The number of rotatable bonds is 6. The van der Waals surface area contributed by atoms with Gasteiger partial charge in [0.2, 0.25) is 0 Å². The van der Waals surface area contributed by atoms with Crippen LogP contribution in [0.15, 0.2) is 54.6 Å². The molecule has 1 fully saturated rings. The molecule has 1 aromatic heterocycles. The van der Waals surface area contributed by atoms with Gasteiger partial charge in [-0.1, -0.05) is 0 Å². The van der Waals surface area contributed by atoms with Crippen LogP contribution in [0.2, 0.25) is 0 Å². The minimum absolute atomic E-state index is 0.0776. The van der Waals surface area contributed by atoms with Crippen LogP contribution in [0.25, 0.3) is 0 Å². The Labute approximate surface area is 186 Å². The van der Waals surface area contributed by atoms with Crippen molar-refractivity contribution in [3.8, 4) is 11.8 Å². The minimum atomic E-state index is -0.264. The molecule has 5 rings (SSSR count). The molecule has 1 saturated heterocycles. The average Bonchev–Trinajstić information content (AvgIpc) is 3.28. The van der Waals surface area contributed by atoms with E-state index in [0.717, 1.165) is 55.8 Å². The first-order valence-corrected chi connectivity index (χ1v) is 11.2. The van der Waals surface area contributed by atoms with E-state index in [4.69, 9.17) is 0 Å². The Hall–Kier alpha value is -3.06. The molecule has 2 N–H and O–H groups in total. The largest absolute Gasteiger partial charge is 0.494 e. The zero-order chi connectivity index (χ0) is 22.2. The lowest BCUT2D eigenvalue weighted by molar-refractivity contribution is 0.192. The average molecular weight is 440 g/mol. The molecular formula is C25H27F2N3O2. The third-order valence-electron chi connectivity index (χ3n) is 6.79. The van der Waals surface area contributed by atoms with Gasteiger partial charge < -0.3 is 20.0 Å². The van der Waals surface area contributed by atoms with E-state index in [1.165, 1.54) is 34.9 Å². The minimum Gasteiger partial charge on any atom is -0.494 e. The maximum Gasteiger partial charge on any atom is 0.193 e. The van der Waals surface area contributed by atoms with E-state index in [1.807, 2.05) is 6.07 Å². The second-order valence-electron chi connectivity index (χ2n) is 8.72. The van der Waals surface area contributed by atoms with E-state index in [-0.39, 0.29) is 35.4 Å². The number of aromatic nitrogens is 1. The van der Waals surface area contributed by atoms with Gasteiger partial charge in [0.25, 0.3) is 0 Å². The van der Waals surface area contributed by atoms with Crippen LogP contribution >= 0.6 is 0 Å². The van der Waals surface area contributed by atoms with Crippen molar-refractivity contribution in [1.82, 2.24) is 9.47 Å². The Morgan fingerprint density at radius 3 is 2.28 bits per heavy atom. The first-order valence-electron chi connectivity index (χ1n) is 11.2. The van der Waals surface area contributed by atoms with Crippen molar-refractivity contribution in [2.24, 2.45) is 0 Å². The summed E-state index contributed by atoms with van der Waals surface area (Å²) in [6.07, 6.45) is 2.72. The van der Waals surface area contributed by atoms with Crippen LogP contribution in [0.1, 0.15) is 30.7 Å². The molecule has 0 aliphatic carbocycles. The topological polar surface area (TPSA) is 51.9 Å². The standard InChI is InChI=1S/C25H27F2N3O2/c26-17-3-6-19(7-4-17)30-22-8-5-18(27)15-20(22)21-16-28(14-11-23(21)30)12-1-2-13-29-24(31)9-10-25(29)32/h3-10,15,21,23,31-32H,1-2,11-14,16H2/t21-,23+/m0/s1. The number of piperidine rings is 1. The van der Waals surface area contributed by atoms with Gasteiger partial charge in [-0.25, -0.2) is 8.78 Å². The lowest BCUT2D eigenvalue weighted by Crippen LogP contribution is -2.45. The predicted octanol–water partition coefficient (Wildman–Crippen LogP) is 4.97. The smallest absolute Gasteiger partial charge is 0.193 e. The Bertz CT molecular complexity index is 1080. The van der Waals surface area contributed by atoms with Gasteiger partial charge in [0.05, 0.1) is 0 Å². The van der Waals surface area contributed by atoms with E-state index in [2.05, 4.69) is 9.80 Å². The van der Waals surface area contributed by atoms with Crippen LogP contribution in [0.3, 0.4) is 0 Å². The van der Waals surface area contributed by atoms with Crippen LogP contribution in [-0.2, 0) is 6.54 Å². The van der Waals surface area contributed by atoms with E-state index < -0.39 is 0 Å². The molecule has 0 saturated carbocycles. The van der Waals surface area contributed by atoms with Crippen LogP contribution in [0.5, 0.6) is 11.8 Å². The van der Waals surface area contributed by atoms with Gasteiger partial charge in [-0.05, 0) is 73.8 Å². The number of anilines is 2. The molecule has 3 heterocycles. The summed E-state index contributed by atoms with van der Waals surface area (Å²) in [7, 11) is 0. The molecular weight excluding hydrogens is 412 g/mol. The third kappa shape index (κ3) is 3.81. The number of hydrogen-bond acceptors (Lipinski definition) is 4. The van der Waals surface area contributed by atoms with Crippen LogP contribution in [0.4, 0.5) is 20.2 Å². The number of unbranched alkanes of at least 4 members (excludes halogenated alkanes) is 1. The lowest BCUT2D eigenvalue weighted by Gasteiger charge is -2.39. The predicted molar refractivity (Wildman–Crippen MR) is 120 cm³/mol. The number of likely N-dealkylation sites (tertiary alicyclic amines) is 1. The zero-order valence-corrected chi connectivity index (χ0v) is 17.8. The van der Waals surface area contributed by atoms with Gasteiger partial charge in [-0.3, -0.25) is 4.57 Å². The van der Waals surface area contributed by atoms with Gasteiger partial charge in [-0.15, -0.1) is 0 Å². The monoisotopic (exact) mass is 439 g/mol. The Morgan fingerprint density at radius 1 is 0.844 bits per heavy atom. The summed E-state index contributed by atoms with van der Waals surface area (Å²) in [4.78, 5) is 4.66. The van der Waals surface area contributed by atoms with E-state index >= 15 is 0 Å².